The minimum Gasteiger partial charge on any atom is -0.487 e. The van der Waals surface area contributed by atoms with Gasteiger partial charge in [0.2, 0.25) is 0 Å². The number of aromatic nitrogens is 2. The number of hydrogen-bond donors (Lipinski definition) is 1. The summed E-state index contributed by atoms with van der Waals surface area (Å²) in [6.45, 7) is 4.83. The number of ether oxygens (including phenoxy) is 1. The number of rotatable bonds is 6. The third kappa shape index (κ3) is 3.10. The molecule has 0 amide bonds. The minimum absolute atomic E-state index is 0.272. The van der Waals surface area contributed by atoms with Crippen molar-refractivity contribution in [2.24, 2.45) is 0 Å². The molecule has 0 radical (unpaired) electrons. The van der Waals surface area contributed by atoms with Gasteiger partial charge in [-0.25, -0.2) is 4.98 Å². The molecule has 1 saturated carbocycles. The molecule has 1 aliphatic carbocycles. The summed E-state index contributed by atoms with van der Waals surface area (Å²) >= 11 is 0. The number of nitrogens with zero attached hydrogens (tertiary/aromatic N) is 2. The van der Waals surface area contributed by atoms with E-state index in [0.717, 1.165) is 11.4 Å². The molecule has 1 aromatic heterocycles. The normalized spacial score (nSPS) is 16.0. The van der Waals surface area contributed by atoms with Crippen LogP contribution in [0.4, 0.5) is 0 Å². The van der Waals surface area contributed by atoms with E-state index < -0.39 is 0 Å². The van der Waals surface area contributed by atoms with Crippen LogP contribution >= 0.6 is 0 Å². The highest BCUT2D eigenvalue weighted by Crippen LogP contribution is 2.36. The molecule has 1 atom stereocenters. The van der Waals surface area contributed by atoms with Crippen molar-refractivity contribution in [1.82, 2.24) is 14.9 Å². The molecule has 1 unspecified atom stereocenters. The van der Waals surface area contributed by atoms with E-state index in [2.05, 4.69) is 46.9 Å². The maximum absolute atomic E-state index is 6.08. The molecule has 1 heterocycles. The Kier molecular flexibility index (Phi) is 3.97. The molecule has 0 bridgehead atoms. The Bertz CT molecular complexity index is 616. The quantitative estimate of drug-likeness (QED) is 0.884. The third-order valence-electron chi connectivity index (χ3n) is 4.13. The van der Waals surface area contributed by atoms with Crippen LogP contribution in [0.25, 0.3) is 0 Å². The first-order chi connectivity index (χ1) is 10.2. The van der Waals surface area contributed by atoms with Crippen LogP contribution in [0.1, 0.15) is 48.7 Å². The molecule has 2 aromatic rings. The van der Waals surface area contributed by atoms with Crippen molar-refractivity contribution < 1.29 is 4.74 Å². The Hall–Kier alpha value is -1.81. The standard InChI is InChI=1S/C17H23N3O/c1-12-4-7-17(16(8-12)13(2)18-3)21-10-15-9-19-11-20(15)14-5-6-14/h4,7-9,11,13-14,18H,5-6,10H2,1-3H3. The zero-order valence-electron chi connectivity index (χ0n) is 13.0. The Morgan fingerprint density at radius 2 is 2.24 bits per heavy atom. The van der Waals surface area contributed by atoms with Gasteiger partial charge in [-0.05, 0) is 39.8 Å². The molecule has 112 valence electrons. The molecule has 1 N–H and O–H groups in total. The first-order valence-corrected chi connectivity index (χ1v) is 7.60. The maximum atomic E-state index is 6.08. The Labute approximate surface area is 126 Å². The minimum atomic E-state index is 0.272. The largest absolute Gasteiger partial charge is 0.487 e. The molecule has 21 heavy (non-hydrogen) atoms. The summed E-state index contributed by atoms with van der Waals surface area (Å²) < 4.78 is 8.32. The zero-order chi connectivity index (χ0) is 14.8. The molecule has 4 nitrogen and oxygen atoms in total. The van der Waals surface area contributed by atoms with E-state index >= 15 is 0 Å². The van der Waals surface area contributed by atoms with Gasteiger partial charge in [0.05, 0.1) is 18.2 Å². The topological polar surface area (TPSA) is 39.1 Å². The number of hydrogen-bond acceptors (Lipinski definition) is 3. The molecule has 4 heteroatoms. The number of nitrogens with one attached hydrogen (secondary N) is 1. The maximum Gasteiger partial charge on any atom is 0.130 e. The first kappa shape index (κ1) is 14.1. The van der Waals surface area contributed by atoms with Crippen LogP contribution in [0.15, 0.2) is 30.7 Å². The van der Waals surface area contributed by atoms with E-state index in [4.69, 9.17) is 4.74 Å². The van der Waals surface area contributed by atoms with Gasteiger partial charge in [-0.15, -0.1) is 0 Å². The summed E-state index contributed by atoms with van der Waals surface area (Å²) in [7, 11) is 1.97. The summed E-state index contributed by atoms with van der Waals surface area (Å²) in [5, 5.41) is 3.28. The lowest BCUT2D eigenvalue weighted by Crippen LogP contribution is -2.14. The smallest absolute Gasteiger partial charge is 0.130 e. The number of aryl methyl sites for hydroxylation is 1. The molecule has 0 spiro atoms. The van der Waals surface area contributed by atoms with Gasteiger partial charge in [-0.1, -0.05) is 17.7 Å². The summed E-state index contributed by atoms with van der Waals surface area (Å²) in [5.41, 5.74) is 3.61. The van der Waals surface area contributed by atoms with Crippen molar-refractivity contribution in [2.75, 3.05) is 7.05 Å². The SMILES string of the molecule is CNC(C)c1cc(C)ccc1OCc1cncn1C1CC1. The van der Waals surface area contributed by atoms with Crippen LogP contribution in [-0.2, 0) is 6.61 Å². The highest BCUT2D eigenvalue weighted by atomic mass is 16.5. The predicted octanol–water partition coefficient (Wildman–Crippen LogP) is 3.39. The van der Waals surface area contributed by atoms with Crippen LogP contribution in [-0.4, -0.2) is 16.6 Å². The van der Waals surface area contributed by atoms with Crippen molar-refractivity contribution in [2.45, 2.75) is 45.4 Å². The Balaban J connectivity index is 1.76. The van der Waals surface area contributed by atoms with Gasteiger partial charge in [0, 0.05) is 17.6 Å². The summed E-state index contributed by atoms with van der Waals surface area (Å²) in [6, 6.07) is 7.26. The van der Waals surface area contributed by atoms with Crippen molar-refractivity contribution in [3.05, 3.63) is 47.5 Å². The van der Waals surface area contributed by atoms with Gasteiger partial charge in [0.15, 0.2) is 0 Å². The highest BCUT2D eigenvalue weighted by molar-refractivity contribution is 5.39. The number of benzene rings is 1. The fourth-order valence-corrected chi connectivity index (χ4v) is 2.57. The third-order valence-corrected chi connectivity index (χ3v) is 4.13. The van der Waals surface area contributed by atoms with E-state index in [1.54, 1.807) is 0 Å². The van der Waals surface area contributed by atoms with E-state index in [0.29, 0.717) is 12.6 Å². The van der Waals surface area contributed by atoms with Crippen LogP contribution in [0.5, 0.6) is 5.75 Å². The number of imidazole rings is 1. The predicted molar refractivity (Wildman–Crippen MR) is 83.5 cm³/mol. The van der Waals surface area contributed by atoms with E-state index in [9.17, 15) is 0 Å². The van der Waals surface area contributed by atoms with Crippen LogP contribution in [0, 0.1) is 6.92 Å². The van der Waals surface area contributed by atoms with Crippen molar-refractivity contribution in [1.29, 1.82) is 0 Å². The molecular formula is C17H23N3O. The zero-order valence-corrected chi connectivity index (χ0v) is 13.0. The summed E-state index contributed by atoms with van der Waals surface area (Å²) in [5.74, 6) is 0.950. The van der Waals surface area contributed by atoms with Crippen LogP contribution in [0.3, 0.4) is 0 Å². The van der Waals surface area contributed by atoms with Crippen LogP contribution in [0.2, 0.25) is 0 Å². The average Bonchev–Trinajstić information content (AvgIpc) is 3.24. The second-order valence-electron chi connectivity index (χ2n) is 5.86. The molecular weight excluding hydrogens is 262 g/mol. The summed E-state index contributed by atoms with van der Waals surface area (Å²) in [6.07, 6.45) is 6.35. The molecule has 0 saturated heterocycles. The summed E-state index contributed by atoms with van der Waals surface area (Å²) in [4.78, 5) is 4.25. The monoisotopic (exact) mass is 285 g/mol. The fourth-order valence-electron chi connectivity index (χ4n) is 2.57. The molecule has 1 aromatic carbocycles. The van der Waals surface area contributed by atoms with Gasteiger partial charge >= 0.3 is 0 Å². The molecule has 1 fully saturated rings. The van der Waals surface area contributed by atoms with Crippen molar-refractivity contribution in [3.8, 4) is 5.75 Å². The van der Waals surface area contributed by atoms with Gasteiger partial charge in [0.25, 0.3) is 0 Å². The van der Waals surface area contributed by atoms with Gasteiger partial charge < -0.3 is 14.6 Å². The van der Waals surface area contributed by atoms with Crippen molar-refractivity contribution >= 4 is 0 Å². The average molecular weight is 285 g/mol. The second kappa shape index (κ2) is 5.90. The second-order valence-corrected chi connectivity index (χ2v) is 5.86. The molecule has 1 aliphatic rings. The van der Waals surface area contributed by atoms with Crippen LogP contribution < -0.4 is 10.1 Å². The van der Waals surface area contributed by atoms with Gasteiger partial charge in [-0.3, -0.25) is 0 Å². The van der Waals surface area contributed by atoms with E-state index in [1.165, 1.54) is 24.0 Å². The lowest BCUT2D eigenvalue weighted by Gasteiger charge is -2.17. The molecule has 0 aliphatic heterocycles. The van der Waals surface area contributed by atoms with E-state index in [1.807, 2.05) is 19.6 Å². The Morgan fingerprint density at radius 1 is 1.43 bits per heavy atom. The van der Waals surface area contributed by atoms with Gasteiger partial charge in [0.1, 0.15) is 12.4 Å². The van der Waals surface area contributed by atoms with Crippen molar-refractivity contribution in [3.63, 3.8) is 0 Å². The Morgan fingerprint density at radius 3 is 2.95 bits per heavy atom. The lowest BCUT2D eigenvalue weighted by atomic mass is 10.0. The van der Waals surface area contributed by atoms with Gasteiger partial charge in [-0.2, -0.15) is 0 Å². The first-order valence-electron chi connectivity index (χ1n) is 7.60. The lowest BCUT2D eigenvalue weighted by molar-refractivity contribution is 0.289. The van der Waals surface area contributed by atoms with E-state index in [-0.39, 0.29) is 6.04 Å². The molecule has 3 rings (SSSR count). The fraction of sp³-hybridized carbons (Fsp3) is 0.471. The highest BCUT2D eigenvalue weighted by Gasteiger charge is 2.25.